The van der Waals surface area contributed by atoms with Crippen molar-refractivity contribution in [2.24, 2.45) is 0 Å². The predicted molar refractivity (Wildman–Crippen MR) is 76.7 cm³/mol. The zero-order valence-electron chi connectivity index (χ0n) is 12.0. The first-order chi connectivity index (χ1) is 9.65. The summed E-state index contributed by atoms with van der Waals surface area (Å²) in [6.45, 7) is 5.65. The van der Waals surface area contributed by atoms with Crippen molar-refractivity contribution in [1.29, 1.82) is 0 Å². The highest BCUT2D eigenvalue weighted by molar-refractivity contribution is 5.92. The second-order valence-electron chi connectivity index (χ2n) is 5.50. The minimum Gasteiger partial charge on any atom is -0.357 e. The fourth-order valence-electron chi connectivity index (χ4n) is 2.99. The summed E-state index contributed by atoms with van der Waals surface area (Å²) < 4.78 is 2.07. The number of piperidine rings is 1. The zero-order valence-corrected chi connectivity index (χ0v) is 12.0. The molecule has 20 heavy (non-hydrogen) atoms. The second-order valence-corrected chi connectivity index (χ2v) is 5.50. The van der Waals surface area contributed by atoms with Crippen LogP contribution >= 0.6 is 0 Å². The number of nitrogens with one attached hydrogen (secondary N) is 1. The van der Waals surface area contributed by atoms with E-state index in [1.807, 2.05) is 24.0 Å². The summed E-state index contributed by atoms with van der Waals surface area (Å²) in [4.78, 5) is 17.3. The molecular weight excluding hydrogens is 252 g/mol. The van der Waals surface area contributed by atoms with E-state index in [0.29, 0.717) is 5.69 Å². The van der Waals surface area contributed by atoms with Crippen molar-refractivity contribution in [3.63, 3.8) is 0 Å². The SMILES string of the molecule is Cc1cc(C)n([C@@H]2CCCN(C(=O)c3ccc[nH]3)C2)n1. The molecule has 0 aromatic carbocycles. The van der Waals surface area contributed by atoms with Crippen LogP contribution in [-0.4, -0.2) is 38.7 Å². The third kappa shape index (κ3) is 2.35. The highest BCUT2D eigenvalue weighted by Crippen LogP contribution is 2.23. The number of aromatic amines is 1. The molecule has 0 saturated carbocycles. The van der Waals surface area contributed by atoms with Crippen molar-refractivity contribution in [1.82, 2.24) is 19.7 Å². The number of aromatic nitrogens is 3. The lowest BCUT2D eigenvalue weighted by Crippen LogP contribution is -2.41. The number of rotatable bonds is 2. The van der Waals surface area contributed by atoms with E-state index in [1.54, 1.807) is 6.20 Å². The third-order valence-electron chi connectivity index (χ3n) is 3.90. The number of nitrogens with zero attached hydrogens (tertiary/aromatic N) is 3. The van der Waals surface area contributed by atoms with E-state index in [-0.39, 0.29) is 11.9 Å². The Morgan fingerprint density at radius 2 is 2.30 bits per heavy atom. The standard InChI is InChI=1S/C15H20N4O/c1-11-9-12(2)19(17-11)13-5-4-8-18(10-13)15(20)14-6-3-7-16-14/h3,6-7,9,13,16H,4-5,8,10H2,1-2H3/t13-/m1/s1. The molecule has 106 valence electrons. The van der Waals surface area contributed by atoms with Gasteiger partial charge in [0.1, 0.15) is 5.69 Å². The molecule has 0 bridgehead atoms. The Balaban J connectivity index is 1.77. The topological polar surface area (TPSA) is 53.9 Å². The molecule has 2 aromatic heterocycles. The molecule has 3 heterocycles. The van der Waals surface area contributed by atoms with Crippen LogP contribution < -0.4 is 0 Å². The Bertz CT molecular complexity index is 599. The number of aryl methyl sites for hydroxylation is 2. The van der Waals surface area contributed by atoms with Gasteiger partial charge in [-0.05, 0) is 44.9 Å². The van der Waals surface area contributed by atoms with E-state index in [2.05, 4.69) is 27.8 Å². The van der Waals surface area contributed by atoms with E-state index in [1.165, 1.54) is 5.69 Å². The molecule has 1 aliphatic heterocycles. The maximum absolute atomic E-state index is 12.4. The quantitative estimate of drug-likeness (QED) is 0.912. The molecule has 5 heteroatoms. The van der Waals surface area contributed by atoms with Gasteiger partial charge in [0.15, 0.2) is 0 Å². The molecule has 1 aliphatic rings. The molecular formula is C15H20N4O. The third-order valence-corrected chi connectivity index (χ3v) is 3.90. The van der Waals surface area contributed by atoms with Crippen LogP contribution in [0.15, 0.2) is 24.4 Å². The number of hydrogen-bond acceptors (Lipinski definition) is 2. The fourth-order valence-corrected chi connectivity index (χ4v) is 2.99. The first-order valence-corrected chi connectivity index (χ1v) is 7.10. The summed E-state index contributed by atoms with van der Waals surface area (Å²) in [5, 5.41) is 4.56. The summed E-state index contributed by atoms with van der Waals surface area (Å²) in [5.41, 5.74) is 2.87. The number of carbonyl (C=O) groups excluding carboxylic acids is 1. The van der Waals surface area contributed by atoms with Crippen LogP contribution in [-0.2, 0) is 0 Å². The van der Waals surface area contributed by atoms with Gasteiger partial charge in [0.25, 0.3) is 5.91 Å². The molecule has 1 amide bonds. The van der Waals surface area contributed by atoms with Gasteiger partial charge in [-0.25, -0.2) is 0 Å². The lowest BCUT2D eigenvalue weighted by molar-refractivity contribution is 0.0666. The molecule has 1 atom stereocenters. The van der Waals surface area contributed by atoms with Gasteiger partial charge >= 0.3 is 0 Å². The molecule has 0 unspecified atom stereocenters. The monoisotopic (exact) mass is 272 g/mol. The Kier molecular flexibility index (Phi) is 3.34. The van der Waals surface area contributed by atoms with Crippen molar-refractivity contribution in [3.05, 3.63) is 41.5 Å². The van der Waals surface area contributed by atoms with Gasteiger partial charge in [0.2, 0.25) is 0 Å². The molecule has 0 aliphatic carbocycles. The summed E-state index contributed by atoms with van der Waals surface area (Å²) in [6.07, 6.45) is 3.89. The van der Waals surface area contributed by atoms with Gasteiger partial charge in [0, 0.05) is 25.0 Å². The average molecular weight is 272 g/mol. The van der Waals surface area contributed by atoms with Gasteiger partial charge < -0.3 is 9.88 Å². The van der Waals surface area contributed by atoms with Crippen LogP contribution in [0.3, 0.4) is 0 Å². The molecule has 1 saturated heterocycles. The number of likely N-dealkylation sites (tertiary alicyclic amines) is 1. The predicted octanol–water partition coefficient (Wildman–Crippen LogP) is 2.31. The van der Waals surface area contributed by atoms with Crippen molar-refractivity contribution >= 4 is 5.91 Å². The molecule has 2 aromatic rings. The van der Waals surface area contributed by atoms with Gasteiger partial charge in [-0.1, -0.05) is 0 Å². The van der Waals surface area contributed by atoms with E-state index in [9.17, 15) is 4.79 Å². The molecule has 1 fully saturated rings. The second kappa shape index (κ2) is 5.15. The van der Waals surface area contributed by atoms with Crippen molar-refractivity contribution in [2.45, 2.75) is 32.7 Å². The number of hydrogen-bond donors (Lipinski definition) is 1. The van der Waals surface area contributed by atoms with Crippen LogP contribution in [0.4, 0.5) is 0 Å². The summed E-state index contributed by atoms with van der Waals surface area (Å²) >= 11 is 0. The normalized spacial score (nSPS) is 19.3. The largest absolute Gasteiger partial charge is 0.357 e. The smallest absolute Gasteiger partial charge is 0.270 e. The van der Waals surface area contributed by atoms with Crippen LogP contribution in [0, 0.1) is 13.8 Å². The Morgan fingerprint density at radius 1 is 1.45 bits per heavy atom. The minimum atomic E-state index is 0.0845. The van der Waals surface area contributed by atoms with Gasteiger partial charge in [-0.2, -0.15) is 5.10 Å². The summed E-state index contributed by atoms with van der Waals surface area (Å²) in [6, 6.07) is 6.06. The molecule has 1 N–H and O–H groups in total. The molecule has 0 spiro atoms. The Labute approximate surface area is 118 Å². The number of carbonyl (C=O) groups is 1. The van der Waals surface area contributed by atoms with Crippen LogP contribution in [0.1, 0.15) is 40.8 Å². The maximum atomic E-state index is 12.4. The van der Waals surface area contributed by atoms with Crippen LogP contribution in [0.2, 0.25) is 0 Å². The maximum Gasteiger partial charge on any atom is 0.270 e. The Morgan fingerprint density at radius 3 is 2.95 bits per heavy atom. The summed E-state index contributed by atoms with van der Waals surface area (Å²) in [5.74, 6) is 0.0845. The highest BCUT2D eigenvalue weighted by atomic mass is 16.2. The molecule has 0 radical (unpaired) electrons. The van der Waals surface area contributed by atoms with Crippen molar-refractivity contribution in [3.8, 4) is 0 Å². The fraction of sp³-hybridized carbons (Fsp3) is 0.467. The van der Waals surface area contributed by atoms with Crippen LogP contribution in [0.25, 0.3) is 0 Å². The van der Waals surface area contributed by atoms with Crippen LogP contribution in [0.5, 0.6) is 0 Å². The minimum absolute atomic E-state index is 0.0845. The van der Waals surface area contributed by atoms with E-state index >= 15 is 0 Å². The lowest BCUT2D eigenvalue weighted by Gasteiger charge is -2.33. The summed E-state index contributed by atoms with van der Waals surface area (Å²) in [7, 11) is 0. The Hall–Kier alpha value is -2.04. The van der Waals surface area contributed by atoms with E-state index < -0.39 is 0 Å². The first kappa shape index (κ1) is 13.0. The van der Waals surface area contributed by atoms with Gasteiger partial charge in [-0.3, -0.25) is 9.48 Å². The number of amides is 1. The van der Waals surface area contributed by atoms with Gasteiger partial charge in [0.05, 0.1) is 11.7 Å². The number of H-pyrrole nitrogens is 1. The van der Waals surface area contributed by atoms with Gasteiger partial charge in [-0.15, -0.1) is 0 Å². The van der Waals surface area contributed by atoms with E-state index in [0.717, 1.165) is 31.6 Å². The lowest BCUT2D eigenvalue weighted by atomic mass is 10.1. The molecule has 5 nitrogen and oxygen atoms in total. The van der Waals surface area contributed by atoms with Crippen molar-refractivity contribution < 1.29 is 4.79 Å². The average Bonchev–Trinajstić information content (AvgIpc) is 3.08. The highest BCUT2D eigenvalue weighted by Gasteiger charge is 2.27. The van der Waals surface area contributed by atoms with Crippen molar-refractivity contribution in [2.75, 3.05) is 13.1 Å². The molecule has 3 rings (SSSR count). The zero-order chi connectivity index (χ0) is 14.1. The first-order valence-electron chi connectivity index (χ1n) is 7.10. The van der Waals surface area contributed by atoms with E-state index in [4.69, 9.17) is 0 Å².